The number of aromatic nitrogens is 1. The smallest absolute Gasteiger partial charge is 0.250 e. The normalized spacial score (nSPS) is 24.1. The third-order valence-corrected chi connectivity index (χ3v) is 6.52. The van der Waals surface area contributed by atoms with Crippen LogP contribution in [0.2, 0.25) is 0 Å². The quantitative estimate of drug-likeness (QED) is 0.787. The second-order valence-corrected chi connectivity index (χ2v) is 8.31. The fourth-order valence-corrected chi connectivity index (χ4v) is 5.30. The summed E-state index contributed by atoms with van der Waals surface area (Å²) in [5.74, 6) is 0.902. The summed E-state index contributed by atoms with van der Waals surface area (Å²) in [5.41, 5.74) is 4.19. The number of nitrogens with zero attached hydrogens (tertiary/aromatic N) is 2. The summed E-state index contributed by atoms with van der Waals surface area (Å²) in [6.07, 6.45) is 3.27. The number of nitrogens with one attached hydrogen (secondary N) is 1. The molecule has 26 heavy (non-hydrogen) atoms. The van der Waals surface area contributed by atoms with Gasteiger partial charge in [-0.3, -0.25) is 4.79 Å². The van der Waals surface area contributed by atoms with Crippen molar-refractivity contribution in [3.63, 3.8) is 0 Å². The highest BCUT2D eigenvalue weighted by Crippen LogP contribution is 2.35. The maximum Gasteiger partial charge on any atom is 0.250 e. The first-order chi connectivity index (χ1) is 12.7. The molecule has 0 amide bonds. The van der Waals surface area contributed by atoms with Gasteiger partial charge in [0.15, 0.2) is 5.11 Å². The van der Waals surface area contributed by atoms with Gasteiger partial charge in [0.05, 0.1) is 0 Å². The van der Waals surface area contributed by atoms with Gasteiger partial charge in [0, 0.05) is 43.4 Å². The molecule has 1 fully saturated rings. The van der Waals surface area contributed by atoms with Crippen LogP contribution in [0.3, 0.4) is 0 Å². The fraction of sp³-hybridized carbons (Fsp3) is 0.429. The topological polar surface area (TPSA) is 37.3 Å². The molecule has 0 saturated carbocycles. The molecule has 5 heteroatoms. The molecule has 134 valence electrons. The number of piperidine rings is 1. The van der Waals surface area contributed by atoms with Crippen LogP contribution in [-0.4, -0.2) is 33.7 Å². The van der Waals surface area contributed by atoms with E-state index in [4.69, 9.17) is 12.2 Å². The first kappa shape index (κ1) is 16.1. The van der Waals surface area contributed by atoms with Crippen molar-refractivity contribution in [1.29, 1.82) is 0 Å². The van der Waals surface area contributed by atoms with E-state index in [1.165, 1.54) is 16.8 Å². The van der Waals surface area contributed by atoms with Crippen molar-refractivity contribution >= 4 is 17.3 Å². The SMILES string of the molecule is O=c1cccc2n1C[C@H]1C[C@H]2CN(C(=S)NC2Cc3ccccc3C2)C1. The van der Waals surface area contributed by atoms with Crippen molar-refractivity contribution in [2.45, 2.75) is 37.8 Å². The molecule has 2 atom stereocenters. The van der Waals surface area contributed by atoms with E-state index < -0.39 is 0 Å². The first-order valence-electron chi connectivity index (χ1n) is 9.49. The molecule has 2 aromatic rings. The second kappa shape index (κ2) is 6.23. The van der Waals surface area contributed by atoms with Crippen LogP contribution in [0.15, 0.2) is 47.3 Å². The Morgan fingerprint density at radius 2 is 1.77 bits per heavy atom. The minimum Gasteiger partial charge on any atom is -0.359 e. The maximum absolute atomic E-state index is 12.2. The molecule has 3 heterocycles. The number of likely N-dealkylation sites (tertiary alicyclic amines) is 1. The monoisotopic (exact) mass is 365 g/mol. The number of rotatable bonds is 1. The van der Waals surface area contributed by atoms with Gasteiger partial charge < -0.3 is 14.8 Å². The molecular weight excluding hydrogens is 342 g/mol. The Labute approximate surface area is 158 Å². The lowest BCUT2D eigenvalue weighted by Crippen LogP contribution is -2.53. The Morgan fingerprint density at radius 1 is 1.00 bits per heavy atom. The van der Waals surface area contributed by atoms with Gasteiger partial charge in [0.2, 0.25) is 0 Å². The molecule has 1 aliphatic carbocycles. The Balaban J connectivity index is 1.29. The van der Waals surface area contributed by atoms with Crippen molar-refractivity contribution in [1.82, 2.24) is 14.8 Å². The van der Waals surface area contributed by atoms with Crippen LogP contribution >= 0.6 is 12.2 Å². The Morgan fingerprint density at radius 3 is 2.54 bits per heavy atom. The van der Waals surface area contributed by atoms with Gasteiger partial charge in [-0.25, -0.2) is 0 Å². The van der Waals surface area contributed by atoms with Crippen LogP contribution in [0.5, 0.6) is 0 Å². The highest BCUT2D eigenvalue weighted by molar-refractivity contribution is 7.80. The van der Waals surface area contributed by atoms with Crippen molar-refractivity contribution in [3.05, 3.63) is 69.6 Å². The van der Waals surface area contributed by atoms with Crippen molar-refractivity contribution in [2.75, 3.05) is 13.1 Å². The highest BCUT2D eigenvalue weighted by Gasteiger charge is 2.35. The molecule has 4 nitrogen and oxygen atoms in total. The van der Waals surface area contributed by atoms with Gasteiger partial charge in [-0.2, -0.15) is 0 Å². The summed E-state index contributed by atoms with van der Waals surface area (Å²) in [6, 6.07) is 14.7. The zero-order valence-electron chi connectivity index (χ0n) is 14.7. The van der Waals surface area contributed by atoms with Crippen molar-refractivity contribution in [2.24, 2.45) is 5.92 Å². The predicted octanol–water partition coefficient (Wildman–Crippen LogP) is 2.31. The van der Waals surface area contributed by atoms with Crippen LogP contribution in [0.1, 0.15) is 29.2 Å². The molecule has 0 radical (unpaired) electrons. The summed E-state index contributed by atoms with van der Waals surface area (Å²) in [7, 11) is 0. The fourth-order valence-electron chi connectivity index (χ4n) is 4.99. The van der Waals surface area contributed by atoms with Gasteiger partial charge >= 0.3 is 0 Å². The van der Waals surface area contributed by atoms with Crippen LogP contribution in [0.4, 0.5) is 0 Å². The van der Waals surface area contributed by atoms with E-state index in [1.807, 2.05) is 10.6 Å². The van der Waals surface area contributed by atoms with E-state index >= 15 is 0 Å². The highest BCUT2D eigenvalue weighted by atomic mass is 32.1. The van der Waals surface area contributed by atoms with Crippen LogP contribution in [0, 0.1) is 5.92 Å². The lowest BCUT2D eigenvalue weighted by molar-refractivity contribution is 0.176. The number of hydrogen-bond acceptors (Lipinski definition) is 2. The summed E-state index contributed by atoms with van der Waals surface area (Å²) < 4.78 is 1.97. The zero-order chi connectivity index (χ0) is 17.7. The van der Waals surface area contributed by atoms with E-state index in [0.29, 0.717) is 17.9 Å². The Kier molecular flexibility index (Phi) is 3.85. The lowest BCUT2D eigenvalue weighted by atomic mass is 9.83. The maximum atomic E-state index is 12.2. The van der Waals surface area contributed by atoms with Gasteiger partial charge in [-0.15, -0.1) is 0 Å². The number of fused-ring (bicyclic) bond motifs is 5. The summed E-state index contributed by atoms with van der Waals surface area (Å²) in [5, 5.41) is 4.49. The summed E-state index contributed by atoms with van der Waals surface area (Å²) in [4.78, 5) is 14.5. The molecule has 1 N–H and O–H groups in total. The minimum atomic E-state index is 0.134. The number of pyridine rings is 1. The van der Waals surface area contributed by atoms with Gasteiger partial charge in [-0.1, -0.05) is 30.3 Å². The largest absolute Gasteiger partial charge is 0.359 e. The molecule has 3 aliphatic rings. The van der Waals surface area contributed by atoms with Crippen molar-refractivity contribution < 1.29 is 0 Å². The first-order valence-corrected chi connectivity index (χ1v) is 9.90. The molecule has 1 aromatic carbocycles. The van der Waals surface area contributed by atoms with E-state index in [0.717, 1.165) is 44.0 Å². The second-order valence-electron chi connectivity index (χ2n) is 7.93. The van der Waals surface area contributed by atoms with Crippen LogP contribution < -0.4 is 10.9 Å². The molecule has 0 unspecified atom stereocenters. The Bertz CT molecular complexity index is 896. The molecule has 5 rings (SSSR count). The number of hydrogen-bond donors (Lipinski definition) is 1. The van der Waals surface area contributed by atoms with Gasteiger partial charge in [-0.05, 0) is 54.6 Å². The van der Waals surface area contributed by atoms with Crippen molar-refractivity contribution in [3.8, 4) is 0 Å². The van der Waals surface area contributed by atoms with E-state index in [1.54, 1.807) is 6.07 Å². The predicted molar refractivity (Wildman–Crippen MR) is 106 cm³/mol. The number of thiocarbonyl (C=S) groups is 1. The Hall–Kier alpha value is -2.14. The van der Waals surface area contributed by atoms with E-state index in [9.17, 15) is 4.79 Å². The standard InChI is InChI=1S/C21H23N3OS/c25-20-7-3-6-19-17-8-14(12-24(19)20)11-23(13-17)21(26)22-18-9-15-4-1-2-5-16(15)10-18/h1-7,14,17-18H,8-13H2,(H,22,26)/t14-,17-/m0/s1. The third kappa shape index (κ3) is 2.75. The van der Waals surface area contributed by atoms with Crippen LogP contribution in [-0.2, 0) is 19.4 Å². The summed E-state index contributed by atoms with van der Waals surface area (Å²) in [6.45, 7) is 2.67. The minimum absolute atomic E-state index is 0.134. The zero-order valence-corrected chi connectivity index (χ0v) is 15.5. The van der Waals surface area contributed by atoms with Gasteiger partial charge in [0.25, 0.3) is 5.56 Å². The molecule has 1 saturated heterocycles. The van der Waals surface area contributed by atoms with Crippen LogP contribution in [0.25, 0.3) is 0 Å². The molecule has 2 bridgehead atoms. The third-order valence-electron chi connectivity index (χ3n) is 6.15. The number of benzene rings is 1. The summed E-state index contributed by atoms with van der Waals surface area (Å²) >= 11 is 5.77. The molecule has 1 aromatic heterocycles. The molecule has 2 aliphatic heterocycles. The average Bonchev–Trinajstić information content (AvgIpc) is 3.05. The van der Waals surface area contributed by atoms with E-state index in [-0.39, 0.29) is 5.56 Å². The lowest BCUT2D eigenvalue weighted by Gasteiger charge is -2.44. The molecular formula is C21H23N3OS. The van der Waals surface area contributed by atoms with Gasteiger partial charge in [0.1, 0.15) is 0 Å². The van der Waals surface area contributed by atoms with E-state index in [2.05, 4.69) is 40.5 Å². The average molecular weight is 366 g/mol. The molecule has 0 spiro atoms.